The number of carbonyl (C=O) groups is 1. The number of hydrogen-bond acceptors (Lipinski definition) is 2. The van der Waals surface area contributed by atoms with Crippen LogP contribution in [0.1, 0.15) is 5.56 Å². The van der Waals surface area contributed by atoms with Crippen LogP contribution in [-0.2, 0) is 4.79 Å². The molecule has 0 radical (unpaired) electrons. The van der Waals surface area contributed by atoms with Gasteiger partial charge in [0, 0.05) is 20.6 Å². The molecule has 0 aliphatic heterocycles. The largest absolute Gasteiger partial charge is 0.496 e. The predicted molar refractivity (Wildman–Crippen MR) is 92.5 cm³/mol. The maximum Gasteiger partial charge on any atom is 0.248 e. The topological polar surface area (TPSA) is 38.3 Å². The smallest absolute Gasteiger partial charge is 0.248 e. The number of ether oxygens (including phenoxy) is 1. The van der Waals surface area contributed by atoms with Crippen molar-refractivity contribution in [1.82, 2.24) is 0 Å². The van der Waals surface area contributed by atoms with Crippen LogP contribution in [0.5, 0.6) is 5.75 Å². The number of benzene rings is 2. The van der Waals surface area contributed by atoms with Gasteiger partial charge >= 0.3 is 0 Å². The summed E-state index contributed by atoms with van der Waals surface area (Å²) in [5, 5.41) is 2.81. The van der Waals surface area contributed by atoms with E-state index in [1.165, 1.54) is 6.08 Å². The zero-order chi connectivity index (χ0) is 15.2. The van der Waals surface area contributed by atoms with Crippen LogP contribution in [0, 0.1) is 0 Å². The molecule has 21 heavy (non-hydrogen) atoms. The fourth-order valence-electron chi connectivity index (χ4n) is 1.73. The summed E-state index contributed by atoms with van der Waals surface area (Å²) in [6.45, 7) is 0. The van der Waals surface area contributed by atoms with Gasteiger partial charge < -0.3 is 10.1 Å². The molecule has 0 aromatic heterocycles. The van der Waals surface area contributed by atoms with E-state index in [9.17, 15) is 4.79 Å². The second-order valence-electron chi connectivity index (χ2n) is 4.19. The van der Waals surface area contributed by atoms with Gasteiger partial charge in [0.2, 0.25) is 5.91 Å². The summed E-state index contributed by atoms with van der Waals surface area (Å²) in [5.41, 5.74) is 1.57. The summed E-state index contributed by atoms with van der Waals surface area (Å²) >= 11 is 6.77. The van der Waals surface area contributed by atoms with Crippen molar-refractivity contribution in [3.05, 3.63) is 63.0 Å². The zero-order valence-corrected chi connectivity index (χ0v) is 14.4. The molecule has 0 saturated heterocycles. The Balaban J connectivity index is 2.09. The van der Waals surface area contributed by atoms with Crippen LogP contribution < -0.4 is 10.1 Å². The van der Waals surface area contributed by atoms with Crippen LogP contribution in [0.15, 0.2) is 57.5 Å². The van der Waals surface area contributed by atoms with Gasteiger partial charge in [-0.25, -0.2) is 0 Å². The van der Waals surface area contributed by atoms with Crippen LogP contribution in [0.2, 0.25) is 0 Å². The highest BCUT2D eigenvalue weighted by Gasteiger charge is 2.04. The van der Waals surface area contributed by atoms with E-state index >= 15 is 0 Å². The number of amides is 1. The Labute approximate surface area is 140 Å². The van der Waals surface area contributed by atoms with Crippen molar-refractivity contribution in [2.24, 2.45) is 0 Å². The second kappa shape index (κ2) is 7.43. The first-order valence-electron chi connectivity index (χ1n) is 6.17. The maximum atomic E-state index is 12.0. The average molecular weight is 411 g/mol. The first-order chi connectivity index (χ1) is 10.1. The van der Waals surface area contributed by atoms with Gasteiger partial charge in [-0.2, -0.15) is 0 Å². The SMILES string of the molecule is COc1ccccc1/C=C/C(=O)Nc1ccc(Br)cc1Br. The van der Waals surface area contributed by atoms with Gasteiger partial charge in [0.15, 0.2) is 0 Å². The molecule has 0 saturated carbocycles. The molecule has 0 heterocycles. The monoisotopic (exact) mass is 409 g/mol. The number of methoxy groups -OCH3 is 1. The number of halogens is 2. The van der Waals surface area contributed by atoms with Crippen molar-refractivity contribution in [3.8, 4) is 5.75 Å². The van der Waals surface area contributed by atoms with Gasteiger partial charge in [-0.1, -0.05) is 34.1 Å². The molecule has 0 unspecified atom stereocenters. The van der Waals surface area contributed by atoms with E-state index in [4.69, 9.17) is 4.74 Å². The third kappa shape index (κ3) is 4.44. The molecule has 3 nitrogen and oxygen atoms in total. The van der Waals surface area contributed by atoms with E-state index in [2.05, 4.69) is 37.2 Å². The fraction of sp³-hybridized carbons (Fsp3) is 0.0625. The third-order valence-electron chi connectivity index (χ3n) is 2.74. The van der Waals surface area contributed by atoms with E-state index in [0.29, 0.717) is 5.69 Å². The first kappa shape index (κ1) is 15.8. The zero-order valence-electron chi connectivity index (χ0n) is 11.3. The molecule has 108 valence electrons. The lowest BCUT2D eigenvalue weighted by molar-refractivity contribution is -0.111. The minimum absolute atomic E-state index is 0.205. The van der Waals surface area contributed by atoms with Crippen molar-refractivity contribution in [1.29, 1.82) is 0 Å². The summed E-state index contributed by atoms with van der Waals surface area (Å²) in [6.07, 6.45) is 3.20. The van der Waals surface area contributed by atoms with Crippen molar-refractivity contribution >= 4 is 49.5 Å². The van der Waals surface area contributed by atoms with E-state index < -0.39 is 0 Å². The number of hydrogen-bond donors (Lipinski definition) is 1. The van der Waals surface area contributed by atoms with Gasteiger partial charge in [0.25, 0.3) is 0 Å². The number of carbonyl (C=O) groups excluding carboxylic acids is 1. The lowest BCUT2D eigenvalue weighted by atomic mass is 10.2. The molecular formula is C16H13Br2NO2. The molecular weight excluding hydrogens is 398 g/mol. The Morgan fingerprint density at radius 3 is 2.67 bits per heavy atom. The van der Waals surface area contributed by atoms with Gasteiger partial charge in [-0.3, -0.25) is 4.79 Å². The number of para-hydroxylation sites is 1. The number of nitrogens with one attached hydrogen (secondary N) is 1. The highest BCUT2D eigenvalue weighted by Crippen LogP contribution is 2.26. The van der Waals surface area contributed by atoms with Crippen LogP contribution in [0.3, 0.4) is 0 Å². The molecule has 2 aromatic rings. The summed E-state index contributed by atoms with van der Waals surface area (Å²) < 4.78 is 6.99. The molecule has 0 bridgehead atoms. The summed E-state index contributed by atoms with van der Waals surface area (Å²) in [5.74, 6) is 0.523. The molecule has 0 atom stereocenters. The van der Waals surface area contributed by atoms with E-state index in [1.54, 1.807) is 13.2 Å². The highest BCUT2D eigenvalue weighted by molar-refractivity contribution is 9.11. The van der Waals surface area contributed by atoms with E-state index in [0.717, 1.165) is 20.3 Å². The van der Waals surface area contributed by atoms with Crippen LogP contribution in [0.25, 0.3) is 6.08 Å². The quantitative estimate of drug-likeness (QED) is 0.730. The minimum atomic E-state index is -0.205. The Bertz CT molecular complexity index is 684. The summed E-state index contributed by atoms with van der Waals surface area (Å²) in [6, 6.07) is 13.1. The molecule has 2 aromatic carbocycles. The highest BCUT2D eigenvalue weighted by atomic mass is 79.9. The van der Waals surface area contributed by atoms with E-state index in [1.807, 2.05) is 42.5 Å². The van der Waals surface area contributed by atoms with Crippen LogP contribution >= 0.6 is 31.9 Å². The number of rotatable bonds is 4. The molecule has 1 N–H and O–H groups in total. The van der Waals surface area contributed by atoms with Crippen LogP contribution in [-0.4, -0.2) is 13.0 Å². The predicted octanol–water partition coefficient (Wildman–Crippen LogP) is 4.87. The Morgan fingerprint density at radius 1 is 1.19 bits per heavy atom. The van der Waals surface area contributed by atoms with Crippen molar-refractivity contribution in [2.45, 2.75) is 0 Å². The summed E-state index contributed by atoms with van der Waals surface area (Å²) in [7, 11) is 1.60. The molecule has 0 aliphatic carbocycles. The van der Waals surface area contributed by atoms with Gasteiger partial charge in [0.1, 0.15) is 5.75 Å². The average Bonchev–Trinajstić information content (AvgIpc) is 2.48. The molecule has 0 spiro atoms. The maximum absolute atomic E-state index is 12.0. The summed E-state index contributed by atoms with van der Waals surface area (Å²) in [4.78, 5) is 12.0. The Morgan fingerprint density at radius 2 is 1.95 bits per heavy atom. The van der Waals surface area contributed by atoms with Crippen molar-refractivity contribution < 1.29 is 9.53 Å². The molecule has 2 rings (SSSR count). The molecule has 5 heteroatoms. The van der Waals surface area contributed by atoms with Gasteiger partial charge in [0.05, 0.1) is 12.8 Å². The first-order valence-corrected chi connectivity index (χ1v) is 7.76. The van der Waals surface area contributed by atoms with Crippen LogP contribution in [0.4, 0.5) is 5.69 Å². The normalized spacial score (nSPS) is 10.6. The van der Waals surface area contributed by atoms with Gasteiger partial charge in [-0.05, 0) is 46.3 Å². The minimum Gasteiger partial charge on any atom is -0.496 e. The second-order valence-corrected chi connectivity index (χ2v) is 5.96. The molecule has 0 fully saturated rings. The lowest BCUT2D eigenvalue weighted by Crippen LogP contribution is -2.08. The molecule has 0 aliphatic rings. The third-order valence-corrected chi connectivity index (χ3v) is 3.89. The van der Waals surface area contributed by atoms with Crippen molar-refractivity contribution in [3.63, 3.8) is 0 Å². The molecule has 1 amide bonds. The fourth-order valence-corrected chi connectivity index (χ4v) is 2.88. The van der Waals surface area contributed by atoms with Gasteiger partial charge in [-0.15, -0.1) is 0 Å². The van der Waals surface area contributed by atoms with E-state index in [-0.39, 0.29) is 5.91 Å². The standard InChI is InChI=1S/C16H13Br2NO2/c1-21-15-5-3-2-4-11(15)6-9-16(20)19-14-8-7-12(17)10-13(14)18/h2-10H,1H3,(H,19,20)/b9-6+. The number of anilines is 1. The Hall–Kier alpha value is -1.59. The lowest BCUT2D eigenvalue weighted by Gasteiger charge is -2.06. The Kier molecular flexibility index (Phi) is 5.59. The van der Waals surface area contributed by atoms with Crippen molar-refractivity contribution in [2.75, 3.05) is 12.4 Å².